The summed E-state index contributed by atoms with van der Waals surface area (Å²) in [6.45, 7) is 70.6. The second-order valence-electron chi connectivity index (χ2n) is 40.3. The lowest BCUT2D eigenvalue weighted by atomic mass is 9.71. The van der Waals surface area contributed by atoms with E-state index in [1.54, 1.807) is 30.3 Å². The van der Waals surface area contributed by atoms with Gasteiger partial charge in [0.15, 0.2) is 29.0 Å². The smallest absolute Gasteiger partial charge is 0.416 e. The van der Waals surface area contributed by atoms with Crippen molar-refractivity contribution in [3.05, 3.63) is 259 Å². The van der Waals surface area contributed by atoms with Gasteiger partial charge in [-0.1, -0.05) is 362 Å². The molecule has 0 spiro atoms. The molecule has 9 rings (SSSR count). The number of phenolic OH excluding ortho intramolecular Hbond substituents is 4. The summed E-state index contributed by atoms with van der Waals surface area (Å²) < 4.78 is 87.7. The number of benzene rings is 8. The van der Waals surface area contributed by atoms with Crippen LogP contribution in [0.15, 0.2) is 176 Å². The average Bonchev–Trinajstić information content (AvgIpc) is 0.819. The molecular weight excluding hydrogens is 1460 g/mol. The minimum atomic E-state index is -4.24. The van der Waals surface area contributed by atoms with E-state index in [2.05, 4.69) is 209 Å². The van der Waals surface area contributed by atoms with Crippen molar-refractivity contribution in [3.63, 3.8) is 0 Å². The first-order chi connectivity index (χ1) is 50.3. The molecule has 0 heterocycles. The third-order valence-electron chi connectivity index (χ3n) is 19.5. The van der Waals surface area contributed by atoms with Gasteiger partial charge in [-0.2, -0.15) is 13.2 Å². The van der Waals surface area contributed by atoms with Gasteiger partial charge in [0.1, 0.15) is 17.3 Å². The van der Waals surface area contributed by atoms with Gasteiger partial charge < -0.3 is 20.4 Å². The third-order valence-corrected chi connectivity index (χ3v) is 20.0. The Balaban J connectivity index is 0.00000123. The highest BCUT2D eigenvalue weighted by Gasteiger charge is 2.31. The molecule has 112 heavy (non-hydrogen) atoms. The molecule has 0 atom stereocenters. The Bertz CT molecular complexity index is 3710. The van der Waals surface area contributed by atoms with Crippen LogP contribution in [0.4, 0.5) is 30.7 Å². The number of alkyl halides is 3. The molecule has 4 nitrogen and oxygen atoms in total. The fourth-order valence-electron chi connectivity index (χ4n) is 9.87. The SMILES string of the molecule is CC(C)(C)C(C)(C)C.CC(C)(C)C1CCCCC1.CC(C)(C)c1cc(F)c(O)c(F)c1.CC(C)(C)c1ccc(C(F)(F)F)cc1.CC(C)(C)c1ccc(Cl)cc1.CC(C)(C)c1ccc(F)cc1.CC(C)(C)c1ccc(O)c(Cl)c1.CC(C)(C)c1ccc(O)c(F)c1.CC(C)(C)c1ccc(O)cc1.CC(C)(C)c1ccccc1. The van der Waals surface area contributed by atoms with Crippen LogP contribution < -0.4 is 0 Å². The number of aromatic hydroxyl groups is 4. The minimum absolute atomic E-state index is 0.0749. The molecule has 1 fully saturated rings. The number of hydrogen-bond acceptors (Lipinski definition) is 4. The summed E-state index contributed by atoms with van der Waals surface area (Å²) in [6, 6.07) is 50.0. The molecular formula is C99H143Cl2F7O4. The zero-order valence-corrected chi connectivity index (χ0v) is 76.1. The van der Waals surface area contributed by atoms with Gasteiger partial charge in [0.2, 0.25) is 0 Å². The maximum Gasteiger partial charge on any atom is 0.416 e. The summed E-state index contributed by atoms with van der Waals surface area (Å²) >= 11 is 11.5. The van der Waals surface area contributed by atoms with Crippen LogP contribution in [0.3, 0.4) is 0 Å². The average molecular weight is 1600 g/mol. The van der Waals surface area contributed by atoms with E-state index in [4.69, 9.17) is 38.5 Å². The topological polar surface area (TPSA) is 80.9 Å². The Morgan fingerprint density at radius 1 is 0.286 bits per heavy atom. The van der Waals surface area contributed by atoms with E-state index in [1.807, 2.05) is 105 Å². The molecule has 1 aliphatic carbocycles. The van der Waals surface area contributed by atoms with Gasteiger partial charge in [-0.3, -0.25) is 0 Å². The molecule has 0 saturated heterocycles. The second-order valence-corrected chi connectivity index (χ2v) is 41.2. The molecule has 0 aliphatic heterocycles. The highest BCUT2D eigenvalue weighted by atomic mass is 35.5. The van der Waals surface area contributed by atoms with Crippen LogP contribution in [-0.4, -0.2) is 20.4 Å². The van der Waals surface area contributed by atoms with Gasteiger partial charge in [-0.15, -0.1) is 0 Å². The van der Waals surface area contributed by atoms with Crippen LogP contribution in [0.5, 0.6) is 23.0 Å². The Kier molecular flexibility index (Phi) is 41.0. The van der Waals surface area contributed by atoms with E-state index >= 15 is 0 Å². The zero-order valence-electron chi connectivity index (χ0n) is 74.5. The molecule has 0 aromatic heterocycles. The predicted octanol–water partition coefficient (Wildman–Crippen LogP) is 32.3. The van der Waals surface area contributed by atoms with E-state index < -0.39 is 34.9 Å². The van der Waals surface area contributed by atoms with Crippen LogP contribution in [0.25, 0.3) is 0 Å². The van der Waals surface area contributed by atoms with Crippen LogP contribution in [0, 0.1) is 45.4 Å². The number of hydrogen-bond donors (Lipinski definition) is 4. The molecule has 8 aromatic rings. The maximum absolute atomic E-state index is 12.9. The summed E-state index contributed by atoms with van der Waals surface area (Å²) in [4.78, 5) is 0. The van der Waals surface area contributed by atoms with Crippen LogP contribution >= 0.6 is 23.2 Å². The molecule has 8 aromatic carbocycles. The van der Waals surface area contributed by atoms with E-state index in [0.29, 0.717) is 38.0 Å². The van der Waals surface area contributed by atoms with Gasteiger partial charge in [0, 0.05) is 5.02 Å². The number of halogens is 9. The van der Waals surface area contributed by atoms with Crippen molar-refractivity contribution >= 4 is 23.2 Å². The van der Waals surface area contributed by atoms with Crippen molar-refractivity contribution in [2.24, 2.45) is 22.2 Å². The molecule has 1 saturated carbocycles. The van der Waals surface area contributed by atoms with E-state index in [-0.39, 0.29) is 55.2 Å². The molecule has 626 valence electrons. The Morgan fingerprint density at radius 3 is 0.848 bits per heavy atom. The Hall–Kier alpha value is -6.95. The summed E-state index contributed by atoms with van der Waals surface area (Å²) in [5.41, 5.74) is 9.82. The summed E-state index contributed by atoms with van der Waals surface area (Å²) in [7, 11) is 0. The normalized spacial score (nSPS) is 13.0. The molecule has 4 N–H and O–H groups in total. The van der Waals surface area contributed by atoms with Crippen molar-refractivity contribution in [2.75, 3.05) is 0 Å². The van der Waals surface area contributed by atoms with E-state index in [1.165, 1.54) is 90.8 Å². The second kappa shape index (κ2) is 43.7. The summed E-state index contributed by atoms with van der Waals surface area (Å²) in [6.07, 6.45) is 3.14. The highest BCUT2D eigenvalue weighted by Crippen LogP contribution is 2.39. The maximum atomic E-state index is 12.9. The lowest BCUT2D eigenvalue weighted by Gasteiger charge is -2.34. The molecule has 13 heteroatoms. The van der Waals surface area contributed by atoms with Gasteiger partial charge in [0.05, 0.1) is 10.6 Å². The van der Waals surface area contributed by atoms with Crippen LogP contribution in [-0.2, 0) is 49.5 Å². The fourth-order valence-corrected chi connectivity index (χ4v) is 10.2. The summed E-state index contributed by atoms with van der Waals surface area (Å²) in [5.74, 6) is -2.27. The summed E-state index contributed by atoms with van der Waals surface area (Å²) in [5, 5.41) is 37.2. The third kappa shape index (κ3) is 41.9. The molecule has 0 bridgehead atoms. The quantitative estimate of drug-likeness (QED) is 0.114. The first kappa shape index (κ1) is 105. The first-order valence-corrected chi connectivity index (χ1v) is 39.8. The van der Waals surface area contributed by atoms with Crippen molar-refractivity contribution in [1.82, 2.24) is 0 Å². The molecule has 0 radical (unpaired) electrons. The van der Waals surface area contributed by atoms with Crippen molar-refractivity contribution < 1.29 is 51.2 Å². The monoisotopic (exact) mass is 1600 g/mol. The van der Waals surface area contributed by atoms with E-state index in [0.717, 1.165) is 51.9 Å². The zero-order chi connectivity index (χ0) is 87.6. The molecule has 1 aliphatic rings. The van der Waals surface area contributed by atoms with Crippen LogP contribution in [0.2, 0.25) is 10.0 Å². The molecule has 0 unspecified atom stereocenters. The standard InChI is InChI=1S/C11H13F3.C10H13ClO.C10H13Cl.C10H12F2O.C10H13FO.C10H13F.C10H14O.C10H20.C10H14.C8H18/c1-10(2,3)8-4-6-9(7-5-8)11(12,13)14;1-10(2,3)7-4-5-9(12)8(11)6-7;1-10(2,3)8-4-6-9(11)7-5-8;1-10(2,3)6-4-7(11)9(13)8(12)5-6;1-10(2,3)7-4-5-9(12)8(11)6-7;2*1-10(2,3)8-4-6-9(11)7-5-8;2*1-10(2,3)9-7-5-4-6-8-9;1-7(2,3)8(4,5)6/h4-7H,1-3H3;4-6,12H,1-3H3;4-7H,1-3H3;4-5,13H,1-3H3;4-6,12H,1-3H3;4-7H,1-3H3;4-7,11H,1-3H3;9H,4-8H2,1-3H3;4-8H,1-3H3;1-6H3. The van der Waals surface area contributed by atoms with Gasteiger partial charge >= 0.3 is 6.18 Å². The largest absolute Gasteiger partial charge is 0.508 e. The van der Waals surface area contributed by atoms with Gasteiger partial charge in [-0.25, -0.2) is 17.6 Å². The lowest BCUT2D eigenvalue weighted by Crippen LogP contribution is -2.25. The van der Waals surface area contributed by atoms with Gasteiger partial charge in [0.25, 0.3) is 0 Å². The number of phenols is 4. The van der Waals surface area contributed by atoms with Crippen molar-refractivity contribution in [2.45, 2.75) is 310 Å². The number of rotatable bonds is 0. The molecule has 0 amide bonds. The lowest BCUT2D eigenvalue weighted by molar-refractivity contribution is -0.137. The Labute approximate surface area is 684 Å². The van der Waals surface area contributed by atoms with Crippen LogP contribution in [0.1, 0.15) is 311 Å². The van der Waals surface area contributed by atoms with Gasteiger partial charge in [-0.05, 0) is 208 Å². The Morgan fingerprint density at radius 2 is 0.562 bits per heavy atom. The minimum Gasteiger partial charge on any atom is -0.508 e. The predicted molar refractivity (Wildman–Crippen MR) is 468 cm³/mol. The van der Waals surface area contributed by atoms with Crippen molar-refractivity contribution in [1.29, 1.82) is 0 Å². The first-order valence-electron chi connectivity index (χ1n) is 39.0. The fraction of sp³-hybridized carbons (Fsp3) is 0.515. The van der Waals surface area contributed by atoms with E-state index in [9.17, 15) is 35.8 Å². The highest BCUT2D eigenvalue weighted by molar-refractivity contribution is 6.32. The van der Waals surface area contributed by atoms with Crippen molar-refractivity contribution in [3.8, 4) is 23.0 Å².